The van der Waals surface area contributed by atoms with Gasteiger partial charge in [0.1, 0.15) is 5.75 Å². The number of ether oxygens (including phenoxy) is 1. The number of hydrogen-bond acceptors (Lipinski definition) is 4. The molecule has 1 aromatic rings. The molecule has 25 heavy (non-hydrogen) atoms. The summed E-state index contributed by atoms with van der Waals surface area (Å²) in [7, 11) is 1.54. The molecular formula is C19H22N2O4. The summed E-state index contributed by atoms with van der Waals surface area (Å²) in [6, 6.07) is 5.51. The molecule has 1 heterocycles. The number of nitrogens with zero attached hydrogens (tertiary/aromatic N) is 1. The fourth-order valence-electron chi connectivity index (χ4n) is 3.43. The van der Waals surface area contributed by atoms with Crippen LogP contribution in [0.4, 0.5) is 5.69 Å². The molecule has 132 valence electrons. The van der Waals surface area contributed by atoms with E-state index in [1.165, 1.54) is 12.0 Å². The van der Waals surface area contributed by atoms with Crippen LogP contribution < -0.4 is 10.1 Å². The summed E-state index contributed by atoms with van der Waals surface area (Å²) in [6.07, 6.45) is 5.19. The van der Waals surface area contributed by atoms with Crippen LogP contribution in [0.25, 0.3) is 0 Å². The summed E-state index contributed by atoms with van der Waals surface area (Å²) >= 11 is 0. The van der Waals surface area contributed by atoms with E-state index < -0.39 is 0 Å². The van der Waals surface area contributed by atoms with Crippen LogP contribution in [-0.2, 0) is 14.4 Å². The third kappa shape index (κ3) is 3.43. The average Bonchev–Trinajstić information content (AvgIpc) is 2.85. The molecule has 0 spiro atoms. The van der Waals surface area contributed by atoms with Crippen LogP contribution in [0.15, 0.2) is 30.4 Å². The minimum absolute atomic E-state index is 0.0709. The fraction of sp³-hybridized carbons (Fsp3) is 0.421. The maximum Gasteiger partial charge on any atom is 0.233 e. The molecule has 0 radical (unpaired) electrons. The highest BCUT2D eigenvalue weighted by Crippen LogP contribution is 2.35. The second-order valence-electron chi connectivity index (χ2n) is 6.49. The minimum Gasteiger partial charge on any atom is -0.495 e. The number of anilines is 1. The topological polar surface area (TPSA) is 75.7 Å². The van der Waals surface area contributed by atoms with Gasteiger partial charge in [0, 0.05) is 13.0 Å². The van der Waals surface area contributed by atoms with Gasteiger partial charge in [0.05, 0.1) is 24.6 Å². The van der Waals surface area contributed by atoms with Gasteiger partial charge in [-0.3, -0.25) is 19.3 Å². The SMILES string of the molecule is COc1ccc(C)cc1NC(=O)CCN1C(=O)[C@H]2CC=CC[C@@H]2C1=O. The van der Waals surface area contributed by atoms with Gasteiger partial charge in [0.25, 0.3) is 0 Å². The monoisotopic (exact) mass is 342 g/mol. The van der Waals surface area contributed by atoms with Gasteiger partial charge in [-0.25, -0.2) is 0 Å². The number of hydrogen-bond donors (Lipinski definition) is 1. The Morgan fingerprint density at radius 1 is 1.20 bits per heavy atom. The van der Waals surface area contributed by atoms with E-state index in [9.17, 15) is 14.4 Å². The van der Waals surface area contributed by atoms with Crippen molar-refractivity contribution >= 4 is 23.4 Å². The quantitative estimate of drug-likeness (QED) is 0.658. The largest absolute Gasteiger partial charge is 0.495 e. The molecule has 0 unspecified atom stereocenters. The number of methoxy groups -OCH3 is 1. The first-order chi connectivity index (χ1) is 12.0. The highest BCUT2D eigenvalue weighted by atomic mass is 16.5. The van der Waals surface area contributed by atoms with E-state index in [0.717, 1.165) is 5.56 Å². The molecule has 1 aromatic carbocycles. The zero-order chi connectivity index (χ0) is 18.0. The molecule has 6 heteroatoms. The number of amides is 3. The summed E-state index contributed by atoms with van der Waals surface area (Å²) in [4.78, 5) is 38.3. The third-order valence-corrected chi connectivity index (χ3v) is 4.79. The molecule has 2 aliphatic rings. The fourth-order valence-corrected chi connectivity index (χ4v) is 3.43. The number of carbonyl (C=O) groups is 3. The maximum atomic E-state index is 12.4. The van der Waals surface area contributed by atoms with Gasteiger partial charge >= 0.3 is 0 Å². The predicted molar refractivity (Wildman–Crippen MR) is 93.1 cm³/mol. The highest BCUT2D eigenvalue weighted by Gasteiger charge is 2.46. The van der Waals surface area contributed by atoms with E-state index in [-0.39, 0.29) is 42.5 Å². The molecule has 1 aliphatic heterocycles. The number of aryl methyl sites for hydroxylation is 1. The lowest BCUT2D eigenvalue weighted by molar-refractivity contribution is -0.140. The number of fused-ring (bicyclic) bond motifs is 1. The predicted octanol–water partition coefficient (Wildman–Crippen LogP) is 2.28. The number of imide groups is 1. The number of likely N-dealkylation sites (tertiary alicyclic amines) is 1. The maximum absolute atomic E-state index is 12.4. The zero-order valence-corrected chi connectivity index (χ0v) is 14.5. The van der Waals surface area contributed by atoms with E-state index in [2.05, 4.69) is 5.32 Å². The summed E-state index contributed by atoms with van der Waals surface area (Å²) in [5, 5.41) is 2.79. The van der Waals surface area contributed by atoms with Crippen LogP contribution in [0.1, 0.15) is 24.8 Å². The second-order valence-corrected chi connectivity index (χ2v) is 6.49. The van der Waals surface area contributed by atoms with Crippen molar-refractivity contribution in [3.05, 3.63) is 35.9 Å². The normalized spacial score (nSPS) is 22.1. The van der Waals surface area contributed by atoms with Crippen molar-refractivity contribution in [3.8, 4) is 5.75 Å². The van der Waals surface area contributed by atoms with Crippen molar-refractivity contribution in [2.24, 2.45) is 11.8 Å². The number of benzene rings is 1. The van der Waals surface area contributed by atoms with Crippen molar-refractivity contribution in [1.29, 1.82) is 0 Å². The molecular weight excluding hydrogens is 320 g/mol. The summed E-state index contributed by atoms with van der Waals surface area (Å²) in [5.74, 6) is -0.489. The third-order valence-electron chi connectivity index (χ3n) is 4.79. The molecule has 6 nitrogen and oxygen atoms in total. The Morgan fingerprint density at radius 2 is 1.84 bits per heavy atom. The lowest BCUT2D eigenvalue weighted by Crippen LogP contribution is -2.34. The first kappa shape index (κ1) is 17.2. The molecule has 0 aromatic heterocycles. The van der Waals surface area contributed by atoms with E-state index in [4.69, 9.17) is 4.74 Å². The Kier molecular flexibility index (Phi) is 4.88. The molecule has 1 saturated heterocycles. The molecule has 1 fully saturated rings. The van der Waals surface area contributed by atoms with Gasteiger partial charge in [0.15, 0.2) is 0 Å². The minimum atomic E-state index is -0.252. The molecule has 3 rings (SSSR count). The van der Waals surface area contributed by atoms with Gasteiger partial charge < -0.3 is 10.1 Å². The number of allylic oxidation sites excluding steroid dienone is 2. The van der Waals surface area contributed by atoms with Gasteiger partial charge in [-0.05, 0) is 37.5 Å². The highest BCUT2D eigenvalue weighted by molar-refractivity contribution is 6.05. The van der Waals surface area contributed by atoms with Crippen molar-refractivity contribution in [2.75, 3.05) is 19.0 Å². The first-order valence-electron chi connectivity index (χ1n) is 8.46. The molecule has 1 aliphatic carbocycles. The lowest BCUT2D eigenvalue weighted by Gasteiger charge is -2.15. The molecule has 1 N–H and O–H groups in total. The van der Waals surface area contributed by atoms with Crippen molar-refractivity contribution in [2.45, 2.75) is 26.2 Å². The summed E-state index contributed by atoms with van der Waals surface area (Å²) in [5.41, 5.74) is 1.59. The molecule has 2 atom stereocenters. The van der Waals surface area contributed by atoms with Gasteiger partial charge in [-0.15, -0.1) is 0 Å². The van der Waals surface area contributed by atoms with Crippen LogP contribution in [0.3, 0.4) is 0 Å². The van der Waals surface area contributed by atoms with Crippen molar-refractivity contribution < 1.29 is 19.1 Å². The van der Waals surface area contributed by atoms with E-state index in [1.54, 1.807) is 6.07 Å². The second kappa shape index (κ2) is 7.09. The Morgan fingerprint density at radius 3 is 2.44 bits per heavy atom. The van der Waals surface area contributed by atoms with Crippen LogP contribution in [0.2, 0.25) is 0 Å². The van der Waals surface area contributed by atoms with Crippen LogP contribution >= 0.6 is 0 Å². The average molecular weight is 342 g/mol. The van der Waals surface area contributed by atoms with E-state index >= 15 is 0 Å². The van der Waals surface area contributed by atoms with E-state index in [0.29, 0.717) is 24.3 Å². The van der Waals surface area contributed by atoms with Crippen LogP contribution in [0, 0.1) is 18.8 Å². The van der Waals surface area contributed by atoms with Crippen LogP contribution in [0.5, 0.6) is 5.75 Å². The van der Waals surface area contributed by atoms with E-state index in [1.807, 2.05) is 31.2 Å². The Labute approximate surface area is 146 Å². The van der Waals surface area contributed by atoms with Crippen LogP contribution in [-0.4, -0.2) is 36.3 Å². The lowest BCUT2D eigenvalue weighted by atomic mass is 9.85. The van der Waals surface area contributed by atoms with Crippen molar-refractivity contribution in [3.63, 3.8) is 0 Å². The Hall–Kier alpha value is -2.63. The Balaban J connectivity index is 1.60. The van der Waals surface area contributed by atoms with Gasteiger partial charge in [-0.2, -0.15) is 0 Å². The Bertz CT molecular complexity index is 715. The number of carbonyl (C=O) groups excluding carboxylic acids is 3. The standard InChI is InChI=1S/C19H22N2O4/c1-12-7-8-16(25-2)15(11-12)20-17(22)9-10-21-18(23)13-5-3-4-6-14(13)19(21)24/h3-4,7-8,11,13-14H,5-6,9-10H2,1-2H3,(H,20,22)/t13-,14-/m0/s1. The van der Waals surface area contributed by atoms with Gasteiger partial charge in [-0.1, -0.05) is 18.2 Å². The number of rotatable bonds is 5. The molecule has 3 amide bonds. The zero-order valence-electron chi connectivity index (χ0n) is 14.5. The molecule has 0 bridgehead atoms. The first-order valence-corrected chi connectivity index (χ1v) is 8.46. The van der Waals surface area contributed by atoms with Gasteiger partial charge in [0.2, 0.25) is 17.7 Å². The molecule has 0 saturated carbocycles. The summed E-state index contributed by atoms with van der Waals surface area (Å²) < 4.78 is 5.24. The smallest absolute Gasteiger partial charge is 0.233 e. The van der Waals surface area contributed by atoms with Crippen molar-refractivity contribution in [1.82, 2.24) is 4.90 Å². The summed E-state index contributed by atoms with van der Waals surface area (Å²) in [6.45, 7) is 2.04. The number of nitrogens with one attached hydrogen (secondary N) is 1.